The van der Waals surface area contributed by atoms with Crippen LogP contribution in [0, 0.1) is 31.1 Å². The molecule has 0 heterocycles. The fourth-order valence-corrected chi connectivity index (χ4v) is 6.54. The summed E-state index contributed by atoms with van der Waals surface area (Å²) in [5.74, 6) is -0.246. The van der Waals surface area contributed by atoms with Crippen LogP contribution in [0.3, 0.4) is 0 Å². The summed E-state index contributed by atoms with van der Waals surface area (Å²) >= 11 is 0. The summed E-state index contributed by atoms with van der Waals surface area (Å²) in [4.78, 5) is 36.6. The Labute approximate surface area is 182 Å². The van der Waals surface area contributed by atoms with Gasteiger partial charge in [0.1, 0.15) is 0 Å². The van der Waals surface area contributed by atoms with Crippen molar-refractivity contribution >= 4 is 23.5 Å². The highest BCUT2D eigenvalue weighted by molar-refractivity contribution is 5.96. The number of aryl methyl sites for hydroxylation is 2. The Kier molecular flexibility index (Phi) is 5.81. The number of rotatable bonds is 7. The summed E-state index contributed by atoms with van der Waals surface area (Å²) < 4.78 is 5.20. The summed E-state index contributed by atoms with van der Waals surface area (Å²) in [7, 11) is 0. The predicted octanol–water partition coefficient (Wildman–Crippen LogP) is 2.62. The molecule has 31 heavy (non-hydrogen) atoms. The van der Waals surface area contributed by atoms with E-state index in [0.717, 1.165) is 48.9 Å². The summed E-state index contributed by atoms with van der Waals surface area (Å²) in [6, 6.07) is 5.73. The smallest absolute Gasteiger partial charge is 0.306 e. The first-order chi connectivity index (χ1) is 14.7. The number of ether oxygens (including phenoxy) is 1. The minimum absolute atomic E-state index is 0.183. The van der Waals surface area contributed by atoms with Crippen molar-refractivity contribution in [2.45, 2.75) is 64.4 Å². The van der Waals surface area contributed by atoms with E-state index in [4.69, 9.17) is 4.74 Å². The third kappa shape index (κ3) is 4.92. The van der Waals surface area contributed by atoms with Gasteiger partial charge in [-0.05, 0) is 80.8 Å². The molecule has 0 saturated heterocycles. The highest BCUT2D eigenvalue weighted by Crippen LogP contribution is 2.62. The molecule has 3 N–H and O–H groups in total. The Morgan fingerprint density at radius 2 is 1.71 bits per heavy atom. The van der Waals surface area contributed by atoms with E-state index >= 15 is 0 Å². The number of esters is 1. The molecule has 2 unspecified atom stereocenters. The number of nitrogens with one attached hydrogen (secondary N) is 2. The Balaban J connectivity index is 1.20. The maximum Gasteiger partial charge on any atom is 0.306 e. The number of carbonyl (C=O) groups is 3. The number of anilines is 1. The van der Waals surface area contributed by atoms with E-state index in [0.29, 0.717) is 18.3 Å². The van der Waals surface area contributed by atoms with Gasteiger partial charge in [-0.1, -0.05) is 18.2 Å². The minimum atomic E-state index is -0.620. The molecule has 7 nitrogen and oxygen atoms in total. The Bertz CT molecular complexity index is 862. The molecule has 4 fully saturated rings. The highest BCUT2D eigenvalue weighted by Gasteiger charge is 2.57. The van der Waals surface area contributed by atoms with Gasteiger partial charge in [0.05, 0.1) is 18.6 Å². The molecule has 168 valence electrons. The second-order valence-electron chi connectivity index (χ2n) is 10.1. The topological polar surface area (TPSA) is 105 Å². The second-order valence-corrected chi connectivity index (χ2v) is 10.1. The quantitative estimate of drug-likeness (QED) is 0.579. The van der Waals surface area contributed by atoms with Gasteiger partial charge in [-0.3, -0.25) is 14.4 Å². The van der Waals surface area contributed by atoms with Gasteiger partial charge in [-0.15, -0.1) is 0 Å². The van der Waals surface area contributed by atoms with Crippen molar-refractivity contribution in [3.8, 4) is 0 Å². The van der Waals surface area contributed by atoms with Gasteiger partial charge in [0.2, 0.25) is 5.91 Å². The number of hydrogen-bond donors (Lipinski definition) is 3. The lowest BCUT2D eigenvalue weighted by Gasteiger charge is -2.60. The number of amides is 2. The van der Waals surface area contributed by atoms with E-state index in [1.807, 2.05) is 32.0 Å². The van der Waals surface area contributed by atoms with Crippen molar-refractivity contribution < 1.29 is 24.2 Å². The third-order valence-electron chi connectivity index (χ3n) is 7.23. The van der Waals surface area contributed by atoms with E-state index in [-0.39, 0.29) is 24.3 Å². The Hall–Kier alpha value is -2.41. The fourth-order valence-electron chi connectivity index (χ4n) is 6.54. The lowest BCUT2D eigenvalue weighted by atomic mass is 9.47. The van der Waals surface area contributed by atoms with Crippen LogP contribution < -0.4 is 10.6 Å². The molecule has 7 heteroatoms. The van der Waals surface area contributed by atoms with Crippen LogP contribution >= 0.6 is 0 Å². The van der Waals surface area contributed by atoms with Crippen LogP contribution in [0.1, 0.15) is 56.1 Å². The van der Waals surface area contributed by atoms with Crippen molar-refractivity contribution in [1.29, 1.82) is 0 Å². The fraction of sp³-hybridized carbons (Fsp3) is 0.625. The lowest BCUT2D eigenvalue weighted by molar-refractivity contribution is -0.177. The summed E-state index contributed by atoms with van der Waals surface area (Å²) in [6.45, 7) is 3.22. The number of aliphatic hydroxyl groups is 1. The molecule has 4 aliphatic rings. The largest absolute Gasteiger partial charge is 0.456 e. The summed E-state index contributed by atoms with van der Waals surface area (Å²) in [6.07, 6.45) is 5.71. The normalized spacial score (nSPS) is 30.7. The average Bonchev–Trinajstić information content (AvgIpc) is 2.65. The average molecular weight is 429 g/mol. The highest BCUT2D eigenvalue weighted by atomic mass is 16.5. The zero-order valence-corrected chi connectivity index (χ0v) is 18.3. The molecule has 5 rings (SSSR count). The number of carbonyl (C=O) groups excluding carboxylic acids is 3. The van der Waals surface area contributed by atoms with Gasteiger partial charge in [0.25, 0.3) is 5.91 Å². The van der Waals surface area contributed by atoms with Crippen molar-refractivity contribution in [3.63, 3.8) is 0 Å². The third-order valence-corrected chi connectivity index (χ3v) is 7.23. The van der Waals surface area contributed by atoms with Crippen LogP contribution in [0.5, 0.6) is 0 Å². The monoisotopic (exact) mass is 428 g/mol. The molecule has 0 spiro atoms. The first-order valence-electron chi connectivity index (χ1n) is 11.2. The van der Waals surface area contributed by atoms with Crippen LogP contribution in [-0.2, 0) is 19.1 Å². The Morgan fingerprint density at radius 1 is 1.06 bits per heavy atom. The molecule has 0 radical (unpaired) electrons. The number of benzene rings is 1. The predicted molar refractivity (Wildman–Crippen MR) is 115 cm³/mol. The maximum atomic E-state index is 12.4. The summed E-state index contributed by atoms with van der Waals surface area (Å²) in [5, 5.41) is 16.1. The molecule has 1 aromatic rings. The van der Waals surface area contributed by atoms with E-state index in [1.165, 1.54) is 0 Å². The van der Waals surface area contributed by atoms with Crippen molar-refractivity contribution in [2.24, 2.45) is 17.3 Å². The second kappa shape index (κ2) is 8.26. The first kappa shape index (κ1) is 21.8. The minimum Gasteiger partial charge on any atom is -0.456 e. The number of hydrogen-bond acceptors (Lipinski definition) is 5. The van der Waals surface area contributed by atoms with Gasteiger partial charge in [-0.25, -0.2) is 0 Å². The van der Waals surface area contributed by atoms with Crippen LogP contribution in [-0.4, -0.2) is 41.6 Å². The van der Waals surface area contributed by atoms with Crippen LogP contribution in [0.4, 0.5) is 5.69 Å². The van der Waals surface area contributed by atoms with Crippen LogP contribution in [0.15, 0.2) is 18.2 Å². The molecule has 4 saturated carbocycles. The van der Waals surface area contributed by atoms with Crippen LogP contribution in [0.2, 0.25) is 0 Å². The van der Waals surface area contributed by atoms with Gasteiger partial charge >= 0.3 is 5.97 Å². The van der Waals surface area contributed by atoms with Crippen molar-refractivity contribution in [1.82, 2.24) is 5.32 Å². The lowest BCUT2D eigenvalue weighted by Crippen LogP contribution is -2.56. The van der Waals surface area contributed by atoms with E-state index in [2.05, 4.69) is 10.6 Å². The van der Waals surface area contributed by atoms with Crippen molar-refractivity contribution in [3.05, 3.63) is 29.3 Å². The molecule has 4 aliphatic carbocycles. The molecule has 1 aromatic carbocycles. The molecule has 2 amide bonds. The molecule has 4 atom stereocenters. The standard InChI is InChI=1S/C24H32N2O5/c1-15-4-3-5-16(2)22(15)26-19(27)12-25-20(28)13-31-21(29)11-23-7-17-6-18(8-23)10-24(30,9-17)14-23/h3-5,17-18,30H,6-14H2,1-2H3,(H,25,28)(H,26,27)/t17-,18+,23?,24?. The zero-order chi connectivity index (χ0) is 22.2. The first-order valence-corrected chi connectivity index (χ1v) is 11.2. The van der Waals surface area contributed by atoms with Crippen molar-refractivity contribution in [2.75, 3.05) is 18.5 Å². The van der Waals surface area contributed by atoms with E-state index in [9.17, 15) is 19.5 Å². The Morgan fingerprint density at radius 3 is 2.32 bits per heavy atom. The maximum absolute atomic E-state index is 12.4. The molecular weight excluding hydrogens is 396 g/mol. The van der Waals surface area contributed by atoms with Gasteiger partial charge < -0.3 is 20.5 Å². The molecule has 4 bridgehead atoms. The zero-order valence-electron chi connectivity index (χ0n) is 18.3. The SMILES string of the molecule is Cc1cccc(C)c1NC(=O)CNC(=O)COC(=O)CC12C[C@@H]3C[C@@H](CC(O)(C3)C1)C2. The van der Waals surface area contributed by atoms with E-state index in [1.54, 1.807) is 0 Å². The van der Waals surface area contributed by atoms with Gasteiger partial charge in [0.15, 0.2) is 6.61 Å². The number of para-hydroxylation sites is 1. The molecular formula is C24H32N2O5. The van der Waals surface area contributed by atoms with Gasteiger partial charge in [0, 0.05) is 5.69 Å². The summed E-state index contributed by atoms with van der Waals surface area (Å²) in [5.41, 5.74) is 1.83. The molecule has 0 aromatic heterocycles. The van der Waals surface area contributed by atoms with E-state index < -0.39 is 24.1 Å². The van der Waals surface area contributed by atoms with Crippen LogP contribution in [0.25, 0.3) is 0 Å². The van der Waals surface area contributed by atoms with Gasteiger partial charge in [-0.2, -0.15) is 0 Å². The molecule has 0 aliphatic heterocycles.